The molecule has 14 heavy (non-hydrogen) atoms. The van der Waals surface area contributed by atoms with Crippen LogP contribution in [0.15, 0.2) is 10.2 Å². The molecule has 0 amide bonds. The fourth-order valence-corrected chi connectivity index (χ4v) is 0.399. The molecule has 76 valence electrons. The zero-order valence-electron chi connectivity index (χ0n) is 8.10. The average Bonchev–Trinajstić information content (AvgIpc) is 2.25. The van der Waals surface area contributed by atoms with Crippen molar-refractivity contribution in [1.29, 1.82) is 10.5 Å². The number of rotatable bonds is 4. The lowest BCUT2D eigenvalue weighted by Gasteiger charge is -2.15. The van der Waals surface area contributed by atoms with E-state index in [0.717, 1.165) is 0 Å². The average molecular weight is 196 g/mol. The van der Waals surface area contributed by atoms with Crippen LogP contribution in [0.1, 0.15) is 13.8 Å². The maximum atomic E-state index is 8.81. The Balaban J connectivity index is 4.76. The van der Waals surface area contributed by atoms with E-state index in [-0.39, 0.29) is 0 Å². The van der Waals surface area contributed by atoms with Crippen molar-refractivity contribution in [2.45, 2.75) is 24.9 Å². The van der Waals surface area contributed by atoms with E-state index >= 15 is 0 Å². The van der Waals surface area contributed by atoms with Crippen LogP contribution in [0.3, 0.4) is 0 Å². The Morgan fingerprint density at radius 2 is 1.29 bits per heavy atom. The maximum Gasteiger partial charge on any atom is 0.187 e. The van der Waals surface area contributed by atoms with Gasteiger partial charge in [-0.2, -0.15) is 20.8 Å². The summed E-state index contributed by atoms with van der Waals surface area (Å²) in [7, 11) is 0. The predicted molar refractivity (Wildman–Crippen MR) is 47.1 cm³/mol. The smallest absolute Gasteiger partial charge is 0.187 e. The highest BCUT2D eigenvalue weighted by atomic mass is 16.3. The second kappa shape index (κ2) is 4.66. The second-order valence-corrected chi connectivity index (χ2v) is 3.29. The Labute approximate surface area is 82.1 Å². The maximum absolute atomic E-state index is 8.81. The zero-order valence-corrected chi connectivity index (χ0v) is 8.10. The molecular formula is C8H12N4O2. The summed E-state index contributed by atoms with van der Waals surface area (Å²) >= 11 is 0. The fourth-order valence-electron chi connectivity index (χ4n) is 0.399. The summed E-state index contributed by atoms with van der Waals surface area (Å²) in [5, 5.41) is 41.9. The van der Waals surface area contributed by atoms with Crippen molar-refractivity contribution >= 4 is 0 Å². The van der Waals surface area contributed by atoms with Gasteiger partial charge in [-0.3, -0.25) is 0 Å². The molecule has 0 aliphatic carbocycles. The van der Waals surface area contributed by atoms with Gasteiger partial charge < -0.3 is 10.2 Å². The van der Waals surface area contributed by atoms with Crippen molar-refractivity contribution in [1.82, 2.24) is 0 Å². The molecule has 0 saturated carbocycles. The van der Waals surface area contributed by atoms with Gasteiger partial charge in [0.05, 0.1) is 25.4 Å². The molecule has 0 bridgehead atoms. The first-order chi connectivity index (χ1) is 6.45. The van der Waals surface area contributed by atoms with Crippen molar-refractivity contribution in [2.75, 3.05) is 13.2 Å². The Bertz CT molecular complexity index is 273. The molecule has 0 aromatic heterocycles. The Morgan fingerprint density at radius 3 is 1.43 bits per heavy atom. The molecule has 0 aromatic rings. The summed E-state index contributed by atoms with van der Waals surface area (Å²) in [6.07, 6.45) is 0. The minimum atomic E-state index is -1.35. The third-order valence-corrected chi connectivity index (χ3v) is 1.59. The number of hydrogen-bond acceptors (Lipinski definition) is 6. The first-order valence-corrected chi connectivity index (χ1v) is 3.93. The number of aliphatic hydroxyl groups is 2. The zero-order chi connectivity index (χ0) is 11.2. The molecule has 0 aliphatic rings. The molecule has 2 atom stereocenters. The van der Waals surface area contributed by atoms with E-state index in [9.17, 15) is 0 Å². The lowest BCUT2D eigenvalue weighted by molar-refractivity contribution is 0.217. The highest BCUT2D eigenvalue weighted by Crippen LogP contribution is 2.14. The molecule has 2 unspecified atom stereocenters. The molecule has 0 aromatic carbocycles. The predicted octanol–water partition coefficient (Wildman–Crippen LogP) is -0.0122. The Kier molecular flexibility index (Phi) is 4.16. The molecule has 0 fully saturated rings. The number of aliphatic hydroxyl groups excluding tert-OH is 2. The third-order valence-electron chi connectivity index (χ3n) is 1.59. The lowest BCUT2D eigenvalue weighted by Crippen LogP contribution is -2.28. The molecule has 0 rings (SSSR count). The molecular weight excluding hydrogens is 184 g/mol. The summed E-state index contributed by atoms with van der Waals surface area (Å²) in [5.41, 5.74) is -2.71. The summed E-state index contributed by atoms with van der Waals surface area (Å²) < 4.78 is 0. The van der Waals surface area contributed by atoms with Crippen LogP contribution in [0.4, 0.5) is 0 Å². The van der Waals surface area contributed by atoms with Gasteiger partial charge in [0.2, 0.25) is 0 Å². The van der Waals surface area contributed by atoms with Gasteiger partial charge in [-0.1, -0.05) is 0 Å². The topological polar surface area (TPSA) is 113 Å². The molecule has 0 spiro atoms. The van der Waals surface area contributed by atoms with Gasteiger partial charge in [0.15, 0.2) is 11.1 Å². The third kappa shape index (κ3) is 3.09. The molecule has 0 saturated heterocycles. The van der Waals surface area contributed by atoms with E-state index in [4.69, 9.17) is 20.7 Å². The monoisotopic (exact) mass is 196 g/mol. The van der Waals surface area contributed by atoms with E-state index in [2.05, 4.69) is 10.2 Å². The van der Waals surface area contributed by atoms with E-state index in [1.165, 1.54) is 13.8 Å². The van der Waals surface area contributed by atoms with Gasteiger partial charge in [-0.15, -0.1) is 0 Å². The van der Waals surface area contributed by atoms with Crippen LogP contribution in [0.2, 0.25) is 0 Å². The summed E-state index contributed by atoms with van der Waals surface area (Å²) in [4.78, 5) is 0. The van der Waals surface area contributed by atoms with Crippen molar-refractivity contribution in [3.05, 3.63) is 0 Å². The van der Waals surface area contributed by atoms with Crippen LogP contribution < -0.4 is 0 Å². The van der Waals surface area contributed by atoms with Crippen LogP contribution in [-0.4, -0.2) is 34.5 Å². The first kappa shape index (κ1) is 12.5. The molecule has 6 nitrogen and oxygen atoms in total. The van der Waals surface area contributed by atoms with Crippen LogP contribution in [0.25, 0.3) is 0 Å². The van der Waals surface area contributed by atoms with E-state index in [1.807, 2.05) is 0 Å². The highest BCUT2D eigenvalue weighted by Gasteiger charge is 2.27. The molecule has 0 heterocycles. The van der Waals surface area contributed by atoms with Gasteiger partial charge in [-0.25, -0.2) is 0 Å². The lowest BCUT2D eigenvalue weighted by atomic mass is 10.1. The van der Waals surface area contributed by atoms with Crippen LogP contribution in [0, 0.1) is 22.7 Å². The van der Waals surface area contributed by atoms with E-state index in [1.54, 1.807) is 12.1 Å². The molecule has 2 N–H and O–H groups in total. The van der Waals surface area contributed by atoms with Crippen molar-refractivity contribution in [3.8, 4) is 12.1 Å². The SMILES string of the molecule is CC(C#N)(CO)/N=N/C(C)(C#N)CO. The fraction of sp³-hybridized carbons (Fsp3) is 0.750. The van der Waals surface area contributed by atoms with E-state index in [0.29, 0.717) is 0 Å². The number of nitriles is 2. The van der Waals surface area contributed by atoms with Crippen molar-refractivity contribution in [2.24, 2.45) is 10.2 Å². The minimum Gasteiger partial charge on any atom is -0.393 e. The number of azo groups is 1. The quantitative estimate of drug-likeness (QED) is 0.615. The van der Waals surface area contributed by atoms with Crippen molar-refractivity contribution < 1.29 is 10.2 Å². The standard InChI is InChI=1S/C8H12N4O2/c1-7(3-9,5-13)11-12-8(2,4-10)6-14/h13-14H,5-6H2,1-2H3/b12-11+. The molecule has 0 radical (unpaired) electrons. The number of hydrogen-bond donors (Lipinski definition) is 2. The molecule has 0 aliphatic heterocycles. The Hall–Kier alpha value is -1.50. The van der Waals surface area contributed by atoms with Crippen LogP contribution in [0.5, 0.6) is 0 Å². The summed E-state index contributed by atoms with van der Waals surface area (Å²) in [5.74, 6) is 0. The second-order valence-electron chi connectivity index (χ2n) is 3.29. The largest absolute Gasteiger partial charge is 0.393 e. The van der Waals surface area contributed by atoms with Gasteiger partial charge in [-0.05, 0) is 13.8 Å². The van der Waals surface area contributed by atoms with Crippen LogP contribution >= 0.6 is 0 Å². The highest BCUT2D eigenvalue weighted by molar-refractivity contribution is 5.07. The molecule has 6 heteroatoms. The Morgan fingerprint density at radius 1 is 1.00 bits per heavy atom. The van der Waals surface area contributed by atoms with Crippen molar-refractivity contribution in [3.63, 3.8) is 0 Å². The minimum absolute atomic E-state index is 0.486. The van der Waals surface area contributed by atoms with Gasteiger partial charge in [0, 0.05) is 0 Å². The first-order valence-electron chi connectivity index (χ1n) is 3.93. The van der Waals surface area contributed by atoms with Crippen LogP contribution in [-0.2, 0) is 0 Å². The van der Waals surface area contributed by atoms with Gasteiger partial charge in [0.25, 0.3) is 0 Å². The normalized spacial score (nSPS) is 19.3. The van der Waals surface area contributed by atoms with Gasteiger partial charge in [0.1, 0.15) is 0 Å². The summed E-state index contributed by atoms with van der Waals surface area (Å²) in [6, 6.07) is 3.49. The number of nitrogens with zero attached hydrogens (tertiary/aromatic N) is 4. The van der Waals surface area contributed by atoms with E-state index < -0.39 is 24.3 Å². The summed E-state index contributed by atoms with van der Waals surface area (Å²) in [6.45, 7) is 1.79. The van der Waals surface area contributed by atoms with Gasteiger partial charge >= 0.3 is 0 Å².